The minimum atomic E-state index is -1.04. The molecule has 0 radical (unpaired) electrons. The molecule has 2 N–H and O–H groups in total. The Labute approximate surface area is 114 Å². The summed E-state index contributed by atoms with van der Waals surface area (Å²) in [4.78, 5) is 24.9. The van der Waals surface area contributed by atoms with Crippen LogP contribution in [0.25, 0.3) is 0 Å². The van der Waals surface area contributed by atoms with Crippen molar-refractivity contribution < 1.29 is 14.7 Å². The van der Waals surface area contributed by atoms with Crippen molar-refractivity contribution in [3.8, 4) is 0 Å². The van der Waals surface area contributed by atoms with Crippen molar-refractivity contribution in [1.29, 1.82) is 0 Å². The highest BCUT2D eigenvalue weighted by Gasteiger charge is 2.13. The van der Waals surface area contributed by atoms with Gasteiger partial charge in [-0.3, -0.25) is 4.79 Å². The maximum Gasteiger partial charge on any atom is 0.331 e. The molecule has 0 unspecified atom stereocenters. The third kappa shape index (κ3) is 5.42. The molecule has 5 nitrogen and oxygen atoms in total. The van der Waals surface area contributed by atoms with Gasteiger partial charge in [-0.05, 0) is 39.8 Å². The van der Waals surface area contributed by atoms with Crippen LogP contribution in [0.1, 0.15) is 39.5 Å². The molecule has 1 rings (SSSR count). The molecule has 1 fully saturated rings. The lowest BCUT2D eigenvalue weighted by Crippen LogP contribution is -2.36. The first-order valence-electron chi connectivity index (χ1n) is 6.93. The average molecular weight is 268 g/mol. The van der Waals surface area contributed by atoms with Gasteiger partial charge >= 0.3 is 5.97 Å². The zero-order valence-corrected chi connectivity index (χ0v) is 11.9. The first-order valence-corrected chi connectivity index (χ1v) is 6.93. The Kier molecular flexibility index (Phi) is 6.56. The van der Waals surface area contributed by atoms with Crippen LogP contribution in [-0.2, 0) is 9.59 Å². The predicted molar refractivity (Wildman–Crippen MR) is 73.9 cm³/mol. The van der Waals surface area contributed by atoms with Gasteiger partial charge in [0.25, 0.3) is 0 Å². The highest BCUT2D eigenvalue weighted by Crippen LogP contribution is 2.08. The van der Waals surface area contributed by atoms with Crippen LogP contribution in [0.2, 0.25) is 0 Å². The number of carboxylic acids is 1. The predicted octanol–water partition coefficient (Wildman–Crippen LogP) is 1.40. The van der Waals surface area contributed by atoms with E-state index >= 15 is 0 Å². The largest absolute Gasteiger partial charge is 0.478 e. The molecule has 0 atom stereocenters. The Balaban J connectivity index is 2.34. The minimum Gasteiger partial charge on any atom is -0.478 e. The molecule has 1 heterocycles. The summed E-state index contributed by atoms with van der Waals surface area (Å²) in [5, 5.41) is 11.6. The maximum atomic E-state index is 11.7. The molecule has 1 aliphatic rings. The van der Waals surface area contributed by atoms with E-state index in [-0.39, 0.29) is 17.1 Å². The van der Waals surface area contributed by atoms with Gasteiger partial charge in [0.05, 0.1) is 0 Å². The Morgan fingerprint density at radius 2 is 1.63 bits per heavy atom. The van der Waals surface area contributed by atoms with Gasteiger partial charge in [-0.25, -0.2) is 4.79 Å². The average Bonchev–Trinajstić information content (AvgIpc) is 2.65. The smallest absolute Gasteiger partial charge is 0.331 e. The zero-order chi connectivity index (χ0) is 14.3. The number of hydrogen-bond acceptors (Lipinski definition) is 3. The van der Waals surface area contributed by atoms with Gasteiger partial charge in [0.1, 0.15) is 0 Å². The molecule has 0 aromatic heterocycles. The number of likely N-dealkylation sites (tertiary alicyclic amines) is 1. The summed E-state index contributed by atoms with van der Waals surface area (Å²) >= 11 is 0. The summed E-state index contributed by atoms with van der Waals surface area (Å²) in [6.07, 6.45) is 5.04. The summed E-state index contributed by atoms with van der Waals surface area (Å²) in [6, 6.07) is 0. The number of rotatable bonds is 5. The van der Waals surface area contributed by atoms with Crippen LogP contribution in [0, 0.1) is 0 Å². The van der Waals surface area contributed by atoms with Crippen molar-refractivity contribution in [3.63, 3.8) is 0 Å². The van der Waals surface area contributed by atoms with E-state index < -0.39 is 5.97 Å². The Morgan fingerprint density at radius 3 is 2.16 bits per heavy atom. The first kappa shape index (κ1) is 15.7. The van der Waals surface area contributed by atoms with Crippen LogP contribution in [0.3, 0.4) is 0 Å². The fraction of sp³-hybridized carbons (Fsp3) is 0.714. The standard InChI is InChI=1S/C14H24N2O3/c1-11(12(2)14(18)19)13(17)15-7-10-16-8-5-3-4-6-9-16/h3-10H2,1-2H3,(H,15,17)(H,18,19)/b12-11-. The highest BCUT2D eigenvalue weighted by atomic mass is 16.4. The van der Waals surface area contributed by atoms with E-state index in [4.69, 9.17) is 5.11 Å². The van der Waals surface area contributed by atoms with Crippen molar-refractivity contribution in [3.05, 3.63) is 11.1 Å². The molecule has 108 valence electrons. The van der Waals surface area contributed by atoms with E-state index in [9.17, 15) is 9.59 Å². The van der Waals surface area contributed by atoms with E-state index in [1.807, 2.05) is 0 Å². The van der Waals surface area contributed by atoms with Crippen molar-refractivity contribution in [1.82, 2.24) is 10.2 Å². The number of carboxylic acid groups (broad SMARTS) is 1. The topological polar surface area (TPSA) is 69.6 Å². The van der Waals surface area contributed by atoms with Gasteiger partial charge in [-0.15, -0.1) is 0 Å². The van der Waals surface area contributed by atoms with Crippen molar-refractivity contribution >= 4 is 11.9 Å². The molecule has 0 aliphatic carbocycles. The van der Waals surface area contributed by atoms with Gasteiger partial charge in [0.15, 0.2) is 0 Å². The number of amides is 1. The fourth-order valence-corrected chi connectivity index (χ4v) is 2.15. The number of carbonyl (C=O) groups excluding carboxylic acids is 1. The molecule has 0 spiro atoms. The molecule has 5 heteroatoms. The van der Waals surface area contributed by atoms with Crippen molar-refractivity contribution in [2.75, 3.05) is 26.2 Å². The zero-order valence-electron chi connectivity index (χ0n) is 11.9. The molecule has 0 bridgehead atoms. The third-order valence-electron chi connectivity index (χ3n) is 3.64. The summed E-state index contributed by atoms with van der Waals surface area (Å²) in [5.74, 6) is -1.32. The Bertz CT molecular complexity index is 356. The molecule has 0 aromatic rings. The van der Waals surface area contributed by atoms with Crippen LogP contribution in [0.5, 0.6) is 0 Å². The van der Waals surface area contributed by atoms with Crippen LogP contribution in [0.4, 0.5) is 0 Å². The van der Waals surface area contributed by atoms with Crippen LogP contribution in [-0.4, -0.2) is 48.1 Å². The SMILES string of the molecule is C/C(C(=O)O)=C(\C)C(=O)NCCN1CCCCCC1. The summed E-state index contributed by atoms with van der Waals surface area (Å²) in [5.41, 5.74) is 0.385. The lowest BCUT2D eigenvalue weighted by atomic mass is 10.1. The molecule has 1 saturated heterocycles. The van der Waals surface area contributed by atoms with Gasteiger partial charge in [-0.2, -0.15) is 0 Å². The van der Waals surface area contributed by atoms with Crippen LogP contribution < -0.4 is 5.32 Å². The van der Waals surface area contributed by atoms with Gasteiger partial charge in [0.2, 0.25) is 5.91 Å². The molecule has 0 aromatic carbocycles. The fourth-order valence-electron chi connectivity index (χ4n) is 2.15. The molecule has 0 saturated carbocycles. The number of carbonyl (C=O) groups is 2. The Hall–Kier alpha value is -1.36. The second kappa shape index (κ2) is 7.94. The van der Waals surface area contributed by atoms with Gasteiger partial charge in [-0.1, -0.05) is 12.8 Å². The second-order valence-corrected chi connectivity index (χ2v) is 5.07. The van der Waals surface area contributed by atoms with E-state index in [0.717, 1.165) is 19.6 Å². The number of nitrogens with zero attached hydrogens (tertiary/aromatic N) is 1. The molecular formula is C14H24N2O3. The van der Waals surface area contributed by atoms with Crippen molar-refractivity contribution in [2.45, 2.75) is 39.5 Å². The molecule has 1 aliphatic heterocycles. The lowest BCUT2D eigenvalue weighted by molar-refractivity contribution is -0.133. The van der Waals surface area contributed by atoms with Crippen LogP contribution >= 0.6 is 0 Å². The first-order chi connectivity index (χ1) is 9.02. The van der Waals surface area contributed by atoms with Crippen LogP contribution in [0.15, 0.2) is 11.1 Å². The molecule has 19 heavy (non-hydrogen) atoms. The second-order valence-electron chi connectivity index (χ2n) is 5.07. The minimum absolute atomic E-state index is 0.104. The van der Waals surface area contributed by atoms with Crippen molar-refractivity contribution in [2.24, 2.45) is 0 Å². The summed E-state index contributed by atoms with van der Waals surface area (Å²) in [6.45, 7) is 6.60. The quantitative estimate of drug-likeness (QED) is 0.739. The normalized spacial score (nSPS) is 18.4. The molecule has 1 amide bonds. The number of aliphatic carboxylic acids is 1. The number of hydrogen-bond donors (Lipinski definition) is 2. The van der Waals surface area contributed by atoms with E-state index in [1.54, 1.807) is 6.92 Å². The Morgan fingerprint density at radius 1 is 1.05 bits per heavy atom. The monoisotopic (exact) mass is 268 g/mol. The highest BCUT2D eigenvalue weighted by molar-refractivity contribution is 6.01. The van der Waals surface area contributed by atoms with E-state index in [2.05, 4.69) is 10.2 Å². The molecular weight excluding hydrogens is 244 g/mol. The van der Waals surface area contributed by atoms with E-state index in [0.29, 0.717) is 6.54 Å². The summed E-state index contributed by atoms with van der Waals surface area (Å²) < 4.78 is 0. The third-order valence-corrected chi connectivity index (χ3v) is 3.64. The van der Waals surface area contributed by atoms with E-state index in [1.165, 1.54) is 32.6 Å². The lowest BCUT2D eigenvalue weighted by Gasteiger charge is -2.19. The maximum absolute atomic E-state index is 11.7. The number of nitrogens with one attached hydrogen (secondary N) is 1. The summed E-state index contributed by atoms with van der Waals surface area (Å²) in [7, 11) is 0. The van der Waals surface area contributed by atoms with Gasteiger partial charge in [0, 0.05) is 24.2 Å². The van der Waals surface area contributed by atoms with Gasteiger partial charge < -0.3 is 15.3 Å².